The number of hydrogen-bond donors (Lipinski definition) is 1. The standard InChI is InChI=1S/C14H20N2O3/c1-16(14(17)13-10-18-6-7-19-13)9-12-4-2-11(8-15)3-5-12/h2-5,13H,6-10,15H2,1H3. The van der Waals surface area contributed by atoms with Gasteiger partial charge in [0.25, 0.3) is 5.91 Å². The van der Waals surface area contributed by atoms with Crippen molar-refractivity contribution in [2.75, 3.05) is 26.9 Å². The minimum atomic E-state index is -0.470. The highest BCUT2D eigenvalue weighted by Crippen LogP contribution is 2.10. The van der Waals surface area contributed by atoms with Crippen LogP contribution >= 0.6 is 0 Å². The molecule has 1 aromatic rings. The van der Waals surface area contributed by atoms with Gasteiger partial charge in [0, 0.05) is 20.1 Å². The van der Waals surface area contributed by atoms with Crippen molar-refractivity contribution in [3.63, 3.8) is 0 Å². The van der Waals surface area contributed by atoms with E-state index in [9.17, 15) is 4.79 Å². The summed E-state index contributed by atoms with van der Waals surface area (Å²) in [4.78, 5) is 13.8. The maximum Gasteiger partial charge on any atom is 0.254 e. The lowest BCUT2D eigenvalue weighted by atomic mass is 10.1. The second kappa shape index (κ2) is 6.65. The highest BCUT2D eigenvalue weighted by molar-refractivity contribution is 5.80. The second-order valence-corrected chi connectivity index (χ2v) is 4.65. The van der Waals surface area contributed by atoms with Crippen molar-refractivity contribution in [2.24, 2.45) is 5.73 Å². The molecule has 2 N–H and O–H groups in total. The molecule has 0 bridgehead atoms. The Bertz CT molecular complexity index is 413. The van der Waals surface area contributed by atoms with Crippen LogP contribution in [0.25, 0.3) is 0 Å². The number of carbonyl (C=O) groups is 1. The molecule has 1 aliphatic rings. The van der Waals surface area contributed by atoms with E-state index < -0.39 is 6.10 Å². The van der Waals surface area contributed by atoms with Crippen LogP contribution in [0.4, 0.5) is 0 Å². The first kappa shape index (κ1) is 14.0. The van der Waals surface area contributed by atoms with Gasteiger partial charge in [-0.1, -0.05) is 24.3 Å². The van der Waals surface area contributed by atoms with Crippen LogP contribution in [-0.2, 0) is 27.4 Å². The Morgan fingerprint density at radius 3 is 2.58 bits per heavy atom. The summed E-state index contributed by atoms with van der Waals surface area (Å²) < 4.78 is 10.6. The molecular formula is C14H20N2O3. The van der Waals surface area contributed by atoms with Gasteiger partial charge < -0.3 is 20.1 Å². The zero-order chi connectivity index (χ0) is 13.7. The van der Waals surface area contributed by atoms with Crippen molar-refractivity contribution in [3.8, 4) is 0 Å². The Morgan fingerprint density at radius 2 is 2.00 bits per heavy atom. The Labute approximate surface area is 113 Å². The lowest BCUT2D eigenvalue weighted by Crippen LogP contribution is -2.43. The van der Waals surface area contributed by atoms with Crippen molar-refractivity contribution >= 4 is 5.91 Å². The first-order valence-electron chi connectivity index (χ1n) is 6.43. The molecule has 19 heavy (non-hydrogen) atoms. The molecule has 1 fully saturated rings. The number of nitrogens with zero attached hydrogens (tertiary/aromatic N) is 1. The average Bonchev–Trinajstić information content (AvgIpc) is 2.48. The Kier molecular flexibility index (Phi) is 4.90. The van der Waals surface area contributed by atoms with Crippen LogP contribution in [0.2, 0.25) is 0 Å². The van der Waals surface area contributed by atoms with Crippen LogP contribution in [0, 0.1) is 0 Å². The molecule has 1 aliphatic heterocycles. The van der Waals surface area contributed by atoms with E-state index in [0.717, 1.165) is 11.1 Å². The van der Waals surface area contributed by atoms with E-state index in [4.69, 9.17) is 15.2 Å². The van der Waals surface area contributed by atoms with E-state index >= 15 is 0 Å². The summed E-state index contributed by atoms with van der Waals surface area (Å²) >= 11 is 0. The van der Waals surface area contributed by atoms with Crippen molar-refractivity contribution in [2.45, 2.75) is 19.2 Å². The molecule has 1 aromatic carbocycles. The third kappa shape index (κ3) is 3.76. The fourth-order valence-corrected chi connectivity index (χ4v) is 2.01. The molecule has 1 unspecified atom stereocenters. The van der Waals surface area contributed by atoms with Gasteiger partial charge in [0.15, 0.2) is 6.10 Å². The molecule has 0 aliphatic carbocycles. The molecule has 0 radical (unpaired) electrons. The Morgan fingerprint density at radius 1 is 1.32 bits per heavy atom. The summed E-state index contributed by atoms with van der Waals surface area (Å²) in [5, 5.41) is 0. The zero-order valence-corrected chi connectivity index (χ0v) is 11.2. The predicted octanol–water partition coefficient (Wildman–Crippen LogP) is 0.519. The summed E-state index contributed by atoms with van der Waals surface area (Å²) in [6.45, 7) is 2.48. The number of nitrogens with two attached hydrogens (primary N) is 1. The van der Waals surface area contributed by atoms with Crippen molar-refractivity contribution < 1.29 is 14.3 Å². The average molecular weight is 264 g/mol. The van der Waals surface area contributed by atoms with E-state index in [-0.39, 0.29) is 5.91 Å². The molecule has 5 nitrogen and oxygen atoms in total. The zero-order valence-electron chi connectivity index (χ0n) is 11.2. The summed E-state index contributed by atoms with van der Waals surface area (Å²) in [5.74, 6) is -0.0393. The molecule has 1 saturated heterocycles. The van der Waals surface area contributed by atoms with E-state index in [1.54, 1.807) is 11.9 Å². The molecule has 1 heterocycles. The highest BCUT2D eigenvalue weighted by atomic mass is 16.6. The molecule has 5 heteroatoms. The monoisotopic (exact) mass is 264 g/mol. The van der Waals surface area contributed by atoms with Crippen LogP contribution in [-0.4, -0.2) is 43.8 Å². The fraction of sp³-hybridized carbons (Fsp3) is 0.500. The SMILES string of the molecule is CN(Cc1ccc(CN)cc1)C(=O)C1COCCO1. The molecule has 104 valence electrons. The number of carbonyl (C=O) groups excluding carboxylic acids is 1. The number of likely N-dealkylation sites (N-methyl/N-ethyl adjacent to an activating group) is 1. The lowest BCUT2D eigenvalue weighted by Gasteiger charge is -2.26. The van der Waals surface area contributed by atoms with Crippen molar-refractivity contribution in [1.82, 2.24) is 4.90 Å². The fourth-order valence-electron chi connectivity index (χ4n) is 2.01. The number of rotatable bonds is 4. The maximum atomic E-state index is 12.1. The maximum absolute atomic E-state index is 12.1. The van der Waals surface area contributed by atoms with Crippen molar-refractivity contribution in [1.29, 1.82) is 0 Å². The minimum absolute atomic E-state index is 0.0393. The van der Waals surface area contributed by atoms with E-state index in [0.29, 0.717) is 32.9 Å². The summed E-state index contributed by atoms with van der Waals surface area (Å²) in [6.07, 6.45) is -0.470. The van der Waals surface area contributed by atoms with E-state index in [2.05, 4.69) is 0 Å². The van der Waals surface area contributed by atoms with Crippen LogP contribution < -0.4 is 5.73 Å². The Hall–Kier alpha value is -1.43. The second-order valence-electron chi connectivity index (χ2n) is 4.65. The molecule has 2 rings (SSSR count). The van der Waals surface area contributed by atoms with Gasteiger partial charge in [-0.2, -0.15) is 0 Å². The first-order chi connectivity index (χ1) is 9.20. The van der Waals surface area contributed by atoms with Gasteiger partial charge in [-0.25, -0.2) is 0 Å². The van der Waals surface area contributed by atoms with Crippen LogP contribution in [0.15, 0.2) is 24.3 Å². The molecule has 0 saturated carbocycles. The van der Waals surface area contributed by atoms with Crippen LogP contribution in [0.5, 0.6) is 0 Å². The number of ether oxygens (including phenoxy) is 2. The Balaban J connectivity index is 1.91. The summed E-state index contributed by atoms with van der Waals surface area (Å²) in [5.41, 5.74) is 7.71. The van der Waals surface area contributed by atoms with Gasteiger partial charge in [0.1, 0.15) is 0 Å². The minimum Gasteiger partial charge on any atom is -0.376 e. The molecular weight excluding hydrogens is 244 g/mol. The van der Waals surface area contributed by atoms with Crippen molar-refractivity contribution in [3.05, 3.63) is 35.4 Å². The topological polar surface area (TPSA) is 64.8 Å². The van der Waals surface area contributed by atoms with Crippen LogP contribution in [0.1, 0.15) is 11.1 Å². The quantitative estimate of drug-likeness (QED) is 0.861. The lowest BCUT2D eigenvalue weighted by molar-refractivity contribution is -0.157. The van der Waals surface area contributed by atoms with Gasteiger partial charge >= 0.3 is 0 Å². The van der Waals surface area contributed by atoms with E-state index in [1.165, 1.54) is 0 Å². The van der Waals surface area contributed by atoms with Crippen LogP contribution in [0.3, 0.4) is 0 Å². The largest absolute Gasteiger partial charge is 0.376 e. The third-order valence-corrected chi connectivity index (χ3v) is 3.15. The van der Waals surface area contributed by atoms with Gasteiger partial charge in [-0.05, 0) is 11.1 Å². The molecule has 1 amide bonds. The van der Waals surface area contributed by atoms with Gasteiger partial charge in [-0.3, -0.25) is 4.79 Å². The van der Waals surface area contributed by atoms with E-state index in [1.807, 2.05) is 24.3 Å². The molecule has 1 atom stereocenters. The number of benzene rings is 1. The normalized spacial score (nSPS) is 19.2. The molecule has 0 aromatic heterocycles. The highest BCUT2D eigenvalue weighted by Gasteiger charge is 2.25. The van der Waals surface area contributed by atoms with Gasteiger partial charge in [0.2, 0.25) is 0 Å². The molecule has 0 spiro atoms. The van der Waals surface area contributed by atoms with Gasteiger partial charge in [0.05, 0.1) is 19.8 Å². The number of amides is 1. The number of hydrogen-bond acceptors (Lipinski definition) is 4. The summed E-state index contributed by atoms with van der Waals surface area (Å²) in [7, 11) is 1.77. The van der Waals surface area contributed by atoms with Gasteiger partial charge in [-0.15, -0.1) is 0 Å². The predicted molar refractivity (Wildman–Crippen MR) is 71.4 cm³/mol. The summed E-state index contributed by atoms with van der Waals surface area (Å²) in [6, 6.07) is 7.94. The smallest absolute Gasteiger partial charge is 0.254 e. The third-order valence-electron chi connectivity index (χ3n) is 3.15. The first-order valence-corrected chi connectivity index (χ1v) is 6.43.